The third-order valence-electron chi connectivity index (χ3n) is 2.82. The summed E-state index contributed by atoms with van der Waals surface area (Å²) in [7, 11) is 0. The van der Waals surface area contributed by atoms with Crippen LogP contribution in [-0.4, -0.2) is 9.97 Å². The molecule has 0 aliphatic heterocycles. The molecular formula is C15H19N3. The summed E-state index contributed by atoms with van der Waals surface area (Å²) in [5, 5.41) is 0. The topological polar surface area (TPSA) is 51.8 Å². The zero-order valence-electron chi connectivity index (χ0n) is 11.1. The molecule has 1 heterocycles. The zero-order valence-corrected chi connectivity index (χ0v) is 11.1. The van der Waals surface area contributed by atoms with Crippen LogP contribution < -0.4 is 5.73 Å². The van der Waals surface area contributed by atoms with E-state index in [-0.39, 0.29) is 5.41 Å². The number of nitrogen functional groups attached to an aromatic ring is 1. The molecule has 0 aliphatic carbocycles. The van der Waals surface area contributed by atoms with Crippen LogP contribution in [0, 0.1) is 0 Å². The Morgan fingerprint density at radius 2 is 1.72 bits per heavy atom. The molecule has 0 bridgehead atoms. The SMILES string of the molecule is CC(C)(C)c1ccnc(Cc2ccc(N)cc2)n1. The minimum atomic E-state index is 0.0544. The fourth-order valence-electron chi connectivity index (χ4n) is 1.72. The molecule has 94 valence electrons. The second-order valence-electron chi connectivity index (χ2n) is 5.53. The van der Waals surface area contributed by atoms with Crippen LogP contribution in [0.5, 0.6) is 0 Å². The molecule has 0 atom stereocenters. The van der Waals surface area contributed by atoms with Crippen molar-refractivity contribution < 1.29 is 0 Å². The first-order valence-electron chi connectivity index (χ1n) is 6.12. The largest absolute Gasteiger partial charge is 0.399 e. The first-order valence-corrected chi connectivity index (χ1v) is 6.12. The van der Waals surface area contributed by atoms with Crippen LogP contribution in [0.1, 0.15) is 37.9 Å². The molecule has 0 saturated heterocycles. The molecule has 18 heavy (non-hydrogen) atoms. The van der Waals surface area contributed by atoms with E-state index in [0.717, 1.165) is 23.6 Å². The summed E-state index contributed by atoms with van der Waals surface area (Å²) in [6.45, 7) is 6.47. The lowest BCUT2D eigenvalue weighted by Crippen LogP contribution is -2.15. The van der Waals surface area contributed by atoms with Crippen molar-refractivity contribution in [3.8, 4) is 0 Å². The predicted molar refractivity (Wildman–Crippen MR) is 74.4 cm³/mol. The summed E-state index contributed by atoms with van der Waals surface area (Å²) in [4.78, 5) is 8.95. The Labute approximate surface area is 108 Å². The third kappa shape index (κ3) is 3.06. The van der Waals surface area contributed by atoms with Gasteiger partial charge in [0.25, 0.3) is 0 Å². The highest BCUT2D eigenvalue weighted by molar-refractivity contribution is 5.39. The molecule has 1 aromatic carbocycles. The van der Waals surface area contributed by atoms with Gasteiger partial charge in [-0.1, -0.05) is 32.9 Å². The van der Waals surface area contributed by atoms with Gasteiger partial charge < -0.3 is 5.73 Å². The van der Waals surface area contributed by atoms with Crippen molar-refractivity contribution in [1.82, 2.24) is 9.97 Å². The number of benzene rings is 1. The van der Waals surface area contributed by atoms with Crippen LogP contribution in [0.3, 0.4) is 0 Å². The van der Waals surface area contributed by atoms with Crippen LogP contribution >= 0.6 is 0 Å². The zero-order chi connectivity index (χ0) is 13.2. The van der Waals surface area contributed by atoms with Gasteiger partial charge in [-0.2, -0.15) is 0 Å². The molecule has 0 radical (unpaired) electrons. The van der Waals surface area contributed by atoms with Crippen LogP contribution in [-0.2, 0) is 11.8 Å². The number of hydrogen-bond acceptors (Lipinski definition) is 3. The number of hydrogen-bond donors (Lipinski definition) is 1. The van der Waals surface area contributed by atoms with E-state index in [1.165, 1.54) is 5.56 Å². The van der Waals surface area contributed by atoms with Crippen LogP contribution in [0.4, 0.5) is 5.69 Å². The van der Waals surface area contributed by atoms with E-state index in [9.17, 15) is 0 Å². The Morgan fingerprint density at radius 3 is 2.33 bits per heavy atom. The first-order chi connectivity index (χ1) is 8.45. The quantitative estimate of drug-likeness (QED) is 0.822. The van der Waals surface area contributed by atoms with Crippen molar-refractivity contribution in [3.05, 3.63) is 53.6 Å². The summed E-state index contributed by atoms with van der Waals surface area (Å²) in [5.74, 6) is 0.854. The average molecular weight is 241 g/mol. The summed E-state index contributed by atoms with van der Waals surface area (Å²) in [5.41, 5.74) is 8.75. The van der Waals surface area contributed by atoms with Crippen LogP contribution in [0.2, 0.25) is 0 Å². The van der Waals surface area contributed by atoms with Gasteiger partial charge in [-0.05, 0) is 23.8 Å². The fourth-order valence-corrected chi connectivity index (χ4v) is 1.72. The van der Waals surface area contributed by atoms with Crippen molar-refractivity contribution in [3.63, 3.8) is 0 Å². The number of nitrogens with two attached hydrogens (primary N) is 1. The second kappa shape index (κ2) is 4.77. The second-order valence-corrected chi connectivity index (χ2v) is 5.53. The highest BCUT2D eigenvalue weighted by Crippen LogP contribution is 2.19. The smallest absolute Gasteiger partial charge is 0.132 e. The molecule has 3 nitrogen and oxygen atoms in total. The predicted octanol–water partition coefficient (Wildman–Crippen LogP) is 2.95. The number of rotatable bonds is 2. The maximum Gasteiger partial charge on any atom is 0.132 e. The van der Waals surface area contributed by atoms with Crippen molar-refractivity contribution in [2.24, 2.45) is 0 Å². The lowest BCUT2D eigenvalue weighted by molar-refractivity contribution is 0.563. The van der Waals surface area contributed by atoms with E-state index in [0.29, 0.717) is 0 Å². The summed E-state index contributed by atoms with van der Waals surface area (Å²) >= 11 is 0. The molecule has 0 spiro atoms. The standard InChI is InChI=1S/C15H19N3/c1-15(2,3)13-8-9-17-14(18-13)10-11-4-6-12(16)7-5-11/h4-9H,10,16H2,1-3H3. The van der Waals surface area contributed by atoms with Gasteiger partial charge in [0.05, 0.1) is 0 Å². The average Bonchev–Trinajstić information content (AvgIpc) is 2.31. The Morgan fingerprint density at radius 1 is 1.06 bits per heavy atom. The van der Waals surface area contributed by atoms with Gasteiger partial charge in [0.1, 0.15) is 5.82 Å². The fraction of sp³-hybridized carbons (Fsp3) is 0.333. The van der Waals surface area contributed by atoms with Crippen LogP contribution in [0.25, 0.3) is 0 Å². The molecule has 0 aliphatic rings. The summed E-state index contributed by atoms with van der Waals surface area (Å²) in [6, 6.07) is 9.82. The molecule has 2 aromatic rings. The lowest BCUT2D eigenvalue weighted by atomic mass is 9.92. The van der Waals surface area contributed by atoms with Gasteiger partial charge in [0.2, 0.25) is 0 Å². The molecule has 1 aromatic heterocycles. The van der Waals surface area contributed by atoms with E-state index in [1.807, 2.05) is 36.5 Å². The highest BCUT2D eigenvalue weighted by atomic mass is 14.9. The molecule has 0 fully saturated rings. The van der Waals surface area contributed by atoms with Gasteiger partial charge in [-0.3, -0.25) is 0 Å². The first kappa shape index (κ1) is 12.6. The van der Waals surface area contributed by atoms with Gasteiger partial charge in [-0.25, -0.2) is 9.97 Å². The molecule has 0 saturated carbocycles. The molecule has 3 heteroatoms. The Kier molecular flexibility index (Phi) is 3.32. The number of nitrogens with zero attached hydrogens (tertiary/aromatic N) is 2. The Hall–Kier alpha value is -1.90. The van der Waals surface area contributed by atoms with Gasteiger partial charge in [-0.15, -0.1) is 0 Å². The summed E-state index contributed by atoms with van der Waals surface area (Å²) < 4.78 is 0. The van der Waals surface area contributed by atoms with Crippen molar-refractivity contribution in [2.45, 2.75) is 32.6 Å². The molecular weight excluding hydrogens is 222 g/mol. The van der Waals surface area contributed by atoms with Crippen molar-refractivity contribution in [2.75, 3.05) is 5.73 Å². The van der Waals surface area contributed by atoms with E-state index in [1.54, 1.807) is 0 Å². The monoisotopic (exact) mass is 241 g/mol. The van der Waals surface area contributed by atoms with Crippen molar-refractivity contribution >= 4 is 5.69 Å². The van der Waals surface area contributed by atoms with Crippen molar-refractivity contribution in [1.29, 1.82) is 0 Å². The van der Waals surface area contributed by atoms with Gasteiger partial charge >= 0.3 is 0 Å². The highest BCUT2D eigenvalue weighted by Gasteiger charge is 2.15. The molecule has 0 amide bonds. The Bertz CT molecular complexity index is 524. The lowest BCUT2D eigenvalue weighted by Gasteiger charge is -2.17. The number of anilines is 1. The molecule has 2 N–H and O–H groups in total. The molecule has 0 unspecified atom stereocenters. The minimum absolute atomic E-state index is 0.0544. The third-order valence-corrected chi connectivity index (χ3v) is 2.82. The van der Waals surface area contributed by atoms with Crippen LogP contribution in [0.15, 0.2) is 36.5 Å². The van der Waals surface area contributed by atoms with E-state index >= 15 is 0 Å². The maximum absolute atomic E-state index is 5.67. The molecule has 2 rings (SSSR count). The van der Waals surface area contributed by atoms with Gasteiger partial charge in [0, 0.05) is 29.4 Å². The number of aromatic nitrogens is 2. The normalized spacial score (nSPS) is 11.5. The maximum atomic E-state index is 5.67. The minimum Gasteiger partial charge on any atom is -0.399 e. The Balaban J connectivity index is 2.22. The van der Waals surface area contributed by atoms with Gasteiger partial charge in [0.15, 0.2) is 0 Å². The van der Waals surface area contributed by atoms with E-state index in [2.05, 4.69) is 30.7 Å². The van der Waals surface area contributed by atoms with E-state index < -0.39 is 0 Å². The summed E-state index contributed by atoms with van der Waals surface area (Å²) in [6.07, 6.45) is 2.57. The van der Waals surface area contributed by atoms with E-state index in [4.69, 9.17) is 5.73 Å².